The Morgan fingerprint density at radius 2 is 1.12 bits per heavy atom. The van der Waals surface area contributed by atoms with E-state index in [-0.39, 0.29) is 80.5 Å². The van der Waals surface area contributed by atoms with Gasteiger partial charge in [0.15, 0.2) is 34.9 Å². The molecule has 0 amide bonds. The second-order valence-corrected chi connectivity index (χ2v) is 13.4. The summed E-state index contributed by atoms with van der Waals surface area (Å²) in [6, 6.07) is 19.2. The number of anilines is 2. The number of carboxylic acid groups (broad SMARTS) is 1. The first-order valence-electron chi connectivity index (χ1n) is 19.4. The summed E-state index contributed by atoms with van der Waals surface area (Å²) in [7, 11) is 0. The number of esters is 1. The van der Waals surface area contributed by atoms with Crippen molar-refractivity contribution >= 4 is 23.6 Å². The van der Waals surface area contributed by atoms with Crippen molar-refractivity contribution in [2.45, 2.75) is 32.9 Å². The number of rotatable bonds is 17. The van der Waals surface area contributed by atoms with Gasteiger partial charge in [0.05, 0.1) is 56.3 Å². The summed E-state index contributed by atoms with van der Waals surface area (Å²) >= 11 is 0. The minimum Gasteiger partial charge on any atom is -0.481 e. The van der Waals surface area contributed by atoms with Crippen LogP contribution in [0.5, 0.6) is 0 Å². The summed E-state index contributed by atoms with van der Waals surface area (Å²) in [5.41, 5.74) is 3.51. The van der Waals surface area contributed by atoms with Crippen LogP contribution in [-0.2, 0) is 27.4 Å². The molecule has 328 valence electrons. The molecule has 6 aromatic heterocycles. The molecule has 0 radical (unpaired) electrons. The van der Waals surface area contributed by atoms with Crippen molar-refractivity contribution in [1.82, 2.24) is 49.8 Å². The number of ether oxygens (including phenoxy) is 1. The van der Waals surface area contributed by atoms with E-state index >= 15 is 0 Å². The number of benzene rings is 2. The molecule has 0 aliphatic heterocycles. The van der Waals surface area contributed by atoms with Crippen molar-refractivity contribution in [2.75, 3.05) is 30.3 Å². The summed E-state index contributed by atoms with van der Waals surface area (Å²) in [4.78, 5) is 38.5. The van der Waals surface area contributed by atoms with E-state index in [2.05, 4.69) is 51.1 Å². The van der Waals surface area contributed by atoms with Gasteiger partial charge in [0.2, 0.25) is 0 Å². The first-order valence-corrected chi connectivity index (χ1v) is 19.4. The number of carbonyl (C=O) groups excluding carboxylic acids is 1. The Bertz CT molecular complexity index is 2840. The van der Waals surface area contributed by atoms with Crippen LogP contribution in [-0.4, -0.2) is 86.6 Å². The molecule has 0 saturated carbocycles. The Morgan fingerprint density at radius 1 is 0.656 bits per heavy atom. The van der Waals surface area contributed by atoms with Crippen molar-refractivity contribution in [3.05, 3.63) is 132 Å². The van der Waals surface area contributed by atoms with Gasteiger partial charge in [-0.25, -0.2) is 37.5 Å². The molecule has 0 spiro atoms. The lowest BCUT2D eigenvalue weighted by Gasteiger charge is -2.07. The third-order valence-electron chi connectivity index (χ3n) is 9.02. The lowest BCUT2D eigenvalue weighted by Crippen LogP contribution is -2.13. The van der Waals surface area contributed by atoms with Crippen LogP contribution >= 0.6 is 0 Å². The zero-order valence-electron chi connectivity index (χ0n) is 33.7. The normalized spacial score (nSPS) is 10.9. The number of carbonyl (C=O) groups is 2. The lowest BCUT2D eigenvalue weighted by molar-refractivity contribution is -0.142. The summed E-state index contributed by atoms with van der Waals surface area (Å²) in [6.07, 6.45) is 4.65. The molecule has 0 saturated heterocycles. The SMILES string of the molecule is CCOC(=O)CCNc1nc(-c2cc(-c3ccon3)n(Cc3ccccc3F)n2)ncc1F.O=C(O)CCNc1nc(-c2cc(-c3ccon3)n(Cc3ccccc3F)n2)ncc1F. The molecule has 22 heteroatoms. The monoisotopic (exact) mass is 880 g/mol. The fourth-order valence-corrected chi connectivity index (χ4v) is 6.00. The summed E-state index contributed by atoms with van der Waals surface area (Å²) in [5, 5.41) is 30.9. The van der Waals surface area contributed by atoms with Gasteiger partial charge in [-0.2, -0.15) is 10.2 Å². The number of carboxylic acids is 1. The first kappa shape index (κ1) is 43.8. The Balaban J connectivity index is 0.000000192. The minimum atomic E-state index is -1.02. The molecule has 6 heterocycles. The van der Waals surface area contributed by atoms with E-state index < -0.39 is 23.6 Å². The molecule has 0 unspecified atom stereocenters. The molecule has 0 atom stereocenters. The first-order chi connectivity index (χ1) is 31.1. The largest absolute Gasteiger partial charge is 0.481 e. The number of aromatic nitrogens is 10. The Morgan fingerprint density at radius 3 is 1.55 bits per heavy atom. The van der Waals surface area contributed by atoms with Gasteiger partial charge in [-0.05, 0) is 31.2 Å². The second-order valence-electron chi connectivity index (χ2n) is 13.4. The number of aliphatic carboxylic acids is 1. The van der Waals surface area contributed by atoms with E-state index in [4.69, 9.17) is 18.9 Å². The van der Waals surface area contributed by atoms with Crippen LogP contribution in [0, 0.1) is 23.3 Å². The highest BCUT2D eigenvalue weighted by Gasteiger charge is 2.20. The van der Waals surface area contributed by atoms with Gasteiger partial charge in [-0.3, -0.25) is 19.0 Å². The zero-order chi connectivity index (χ0) is 45.0. The smallest absolute Gasteiger partial charge is 0.307 e. The highest BCUT2D eigenvalue weighted by molar-refractivity contribution is 5.70. The number of halogens is 4. The van der Waals surface area contributed by atoms with E-state index in [1.54, 1.807) is 72.3 Å². The van der Waals surface area contributed by atoms with Crippen LogP contribution in [0.2, 0.25) is 0 Å². The van der Waals surface area contributed by atoms with Crippen molar-refractivity contribution in [1.29, 1.82) is 0 Å². The van der Waals surface area contributed by atoms with Crippen LogP contribution < -0.4 is 10.6 Å². The second kappa shape index (κ2) is 20.5. The molecular weight excluding hydrogens is 845 g/mol. The summed E-state index contributed by atoms with van der Waals surface area (Å²) < 4.78 is 74.4. The van der Waals surface area contributed by atoms with Crippen LogP contribution in [0.3, 0.4) is 0 Å². The Hall–Kier alpha value is -8.30. The maximum absolute atomic E-state index is 14.2. The molecule has 64 heavy (non-hydrogen) atoms. The zero-order valence-corrected chi connectivity index (χ0v) is 33.7. The van der Waals surface area contributed by atoms with Crippen LogP contribution in [0.1, 0.15) is 30.9 Å². The van der Waals surface area contributed by atoms with Gasteiger partial charge in [0, 0.05) is 36.3 Å². The maximum Gasteiger partial charge on any atom is 0.307 e. The van der Waals surface area contributed by atoms with Crippen LogP contribution in [0.4, 0.5) is 29.2 Å². The molecule has 18 nitrogen and oxygen atoms in total. The standard InChI is InChI=1S/C22H20F2N6O3.C20H16F2N6O3/c1-2-32-20(31)7-9-25-21-16(24)12-26-22(27-21)18-11-19(17-8-10-33-29-17)30(28-18)13-14-5-3-4-6-15(14)23;21-13-4-2-1-3-12(13)11-28-17(15-6-8-31-27-15)9-16(26-28)20-24-10-14(22)19(25-20)23-7-5-18(29)30/h3-6,8,10-12H,2,7,9,13H2,1H3,(H,25,26,27);1-4,6,8-10H,5,7,11H2,(H,29,30)(H,23,24,25). The number of hydrogen-bond acceptors (Lipinski definition) is 15. The fourth-order valence-electron chi connectivity index (χ4n) is 6.00. The highest BCUT2D eigenvalue weighted by atomic mass is 19.1. The number of nitrogens with zero attached hydrogens (tertiary/aromatic N) is 10. The van der Waals surface area contributed by atoms with Crippen molar-refractivity contribution in [3.63, 3.8) is 0 Å². The molecule has 8 aromatic rings. The molecule has 0 bridgehead atoms. The third-order valence-corrected chi connectivity index (χ3v) is 9.02. The molecule has 3 N–H and O–H groups in total. The average Bonchev–Trinajstić information content (AvgIpc) is 4.13. The van der Waals surface area contributed by atoms with E-state index in [1.807, 2.05) is 0 Å². The van der Waals surface area contributed by atoms with Gasteiger partial charge in [-0.15, -0.1) is 0 Å². The van der Waals surface area contributed by atoms with Crippen molar-refractivity contribution in [3.8, 4) is 45.8 Å². The molecule has 8 rings (SSSR count). The Labute approximate surface area is 360 Å². The van der Waals surface area contributed by atoms with Crippen molar-refractivity contribution in [2.24, 2.45) is 0 Å². The molecule has 0 aliphatic rings. The van der Waals surface area contributed by atoms with E-state index in [0.717, 1.165) is 12.4 Å². The molecule has 2 aromatic carbocycles. The number of hydrogen-bond donors (Lipinski definition) is 3. The van der Waals surface area contributed by atoms with Gasteiger partial charge < -0.3 is 29.5 Å². The van der Waals surface area contributed by atoms with Crippen LogP contribution in [0.15, 0.2) is 107 Å². The lowest BCUT2D eigenvalue weighted by atomic mass is 10.2. The topological polar surface area (TPSA) is 227 Å². The molecule has 0 fully saturated rings. The van der Waals surface area contributed by atoms with E-state index in [1.165, 1.54) is 29.3 Å². The molecule has 0 aliphatic carbocycles. The van der Waals surface area contributed by atoms with Gasteiger partial charge in [0.1, 0.15) is 46.9 Å². The fraction of sp³-hybridized carbons (Fsp3) is 0.190. The Kier molecular flexibility index (Phi) is 14.0. The van der Waals surface area contributed by atoms with Crippen LogP contribution in [0.25, 0.3) is 45.8 Å². The predicted octanol–water partition coefficient (Wildman–Crippen LogP) is 6.89. The predicted molar refractivity (Wildman–Crippen MR) is 219 cm³/mol. The van der Waals surface area contributed by atoms with Gasteiger partial charge in [0.25, 0.3) is 0 Å². The summed E-state index contributed by atoms with van der Waals surface area (Å²) in [5.74, 6) is -3.53. The minimum absolute atomic E-state index is 0.00534. The van der Waals surface area contributed by atoms with E-state index in [0.29, 0.717) is 45.3 Å². The quantitative estimate of drug-likeness (QED) is 0.0625. The van der Waals surface area contributed by atoms with Crippen molar-refractivity contribution < 1.29 is 46.0 Å². The highest BCUT2D eigenvalue weighted by Crippen LogP contribution is 2.28. The van der Waals surface area contributed by atoms with Gasteiger partial charge in [-0.1, -0.05) is 46.7 Å². The summed E-state index contributed by atoms with van der Waals surface area (Å²) in [6.45, 7) is 2.35. The maximum atomic E-state index is 14.2. The molecular formula is C42H36F4N12O6. The third kappa shape index (κ3) is 11.0. The van der Waals surface area contributed by atoms with E-state index in [9.17, 15) is 27.2 Å². The number of nitrogens with one attached hydrogen (secondary N) is 2. The van der Waals surface area contributed by atoms with Gasteiger partial charge >= 0.3 is 11.9 Å². The average molecular weight is 881 g/mol.